The van der Waals surface area contributed by atoms with E-state index in [1.807, 2.05) is 26.0 Å². The van der Waals surface area contributed by atoms with E-state index < -0.39 is 5.97 Å². The third kappa shape index (κ3) is 1.54. The Morgan fingerprint density at radius 2 is 1.88 bits per heavy atom. The van der Waals surface area contributed by atoms with Crippen LogP contribution in [0.5, 0.6) is 0 Å². The molecule has 1 aromatic carbocycles. The Kier molecular flexibility index (Phi) is 2.38. The highest BCUT2D eigenvalue weighted by molar-refractivity contribution is 5.91. The maximum Gasteiger partial charge on any atom is 0.354 e. The van der Waals surface area contributed by atoms with Crippen LogP contribution in [0.15, 0.2) is 18.2 Å². The molecule has 2 aromatic rings. The van der Waals surface area contributed by atoms with Crippen molar-refractivity contribution in [3.63, 3.8) is 0 Å². The van der Waals surface area contributed by atoms with Gasteiger partial charge >= 0.3 is 5.97 Å². The topological polar surface area (TPSA) is 50.2 Å². The molecule has 3 heteroatoms. The molecular weight excluding hydrogens is 202 g/mol. The molecule has 0 aliphatic heterocycles. The Bertz CT molecular complexity index is 588. The summed E-state index contributed by atoms with van der Waals surface area (Å²) >= 11 is 0. The number of carboxylic acid groups (broad SMARTS) is 1. The van der Waals surface area contributed by atoms with Gasteiger partial charge in [0, 0.05) is 5.39 Å². The average Bonchev–Trinajstić information content (AvgIpc) is 2.25. The van der Waals surface area contributed by atoms with E-state index in [9.17, 15) is 4.79 Å². The van der Waals surface area contributed by atoms with Crippen molar-refractivity contribution in [1.82, 2.24) is 4.98 Å². The van der Waals surface area contributed by atoms with Gasteiger partial charge in [-0.3, -0.25) is 0 Å². The van der Waals surface area contributed by atoms with E-state index in [4.69, 9.17) is 5.11 Å². The van der Waals surface area contributed by atoms with Crippen LogP contribution in [0.25, 0.3) is 10.9 Å². The lowest BCUT2D eigenvalue weighted by atomic mass is 9.99. The lowest BCUT2D eigenvalue weighted by Gasteiger charge is -2.09. The third-order valence-corrected chi connectivity index (χ3v) is 3.06. The molecule has 3 nitrogen and oxygen atoms in total. The van der Waals surface area contributed by atoms with Crippen molar-refractivity contribution >= 4 is 16.9 Å². The van der Waals surface area contributed by atoms with Crippen LogP contribution in [0.3, 0.4) is 0 Å². The van der Waals surface area contributed by atoms with E-state index in [0.717, 1.165) is 16.5 Å². The quantitative estimate of drug-likeness (QED) is 0.795. The van der Waals surface area contributed by atoms with Gasteiger partial charge in [0.25, 0.3) is 0 Å². The van der Waals surface area contributed by atoms with Gasteiger partial charge in [0.1, 0.15) is 5.69 Å². The maximum atomic E-state index is 10.8. The fraction of sp³-hybridized carbons (Fsp3) is 0.231. The molecule has 0 saturated heterocycles. The third-order valence-electron chi connectivity index (χ3n) is 3.06. The summed E-state index contributed by atoms with van der Waals surface area (Å²) in [6, 6.07) is 5.31. The van der Waals surface area contributed by atoms with Crippen LogP contribution >= 0.6 is 0 Å². The van der Waals surface area contributed by atoms with E-state index in [2.05, 4.69) is 11.9 Å². The van der Waals surface area contributed by atoms with E-state index in [-0.39, 0.29) is 5.69 Å². The highest BCUT2D eigenvalue weighted by atomic mass is 16.4. The Morgan fingerprint density at radius 3 is 2.50 bits per heavy atom. The molecule has 0 atom stereocenters. The highest BCUT2D eigenvalue weighted by Gasteiger charge is 2.09. The number of carboxylic acids is 1. The zero-order valence-corrected chi connectivity index (χ0v) is 9.53. The first-order chi connectivity index (χ1) is 7.50. The Hall–Kier alpha value is -1.90. The van der Waals surface area contributed by atoms with Crippen molar-refractivity contribution in [2.24, 2.45) is 0 Å². The van der Waals surface area contributed by atoms with Crippen molar-refractivity contribution < 1.29 is 9.90 Å². The Balaban J connectivity index is 2.81. The monoisotopic (exact) mass is 215 g/mol. The first-order valence-corrected chi connectivity index (χ1v) is 5.11. The fourth-order valence-electron chi connectivity index (χ4n) is 1.83. The minimum atomic E-state index is -0.988. The van der Waals surface area contributed by atoms with Crippen LogP contribution in [-0.4, -0.2) is 16.1 Å². The van der Waals surface area contributed by atoms with Gasteiger partial charge in [-0.2, -0.15) is 0 Å². The summed E-state index contributed by atoms with van der Waals surface area (Å²) in [7, 11) is 0. The fourth-order valence-corrected chi connectivity index (χ4v) is 1.83. The molecule has 0 unspecified atom stereocenters. The molecular formula is C13H13NO2. The van der Waals surface area contributed by atoms with Gasteiger partial charge in [-0.15, -0.1) is 0 Å². The zero-order valence-electron chi connectivity index (χ0n) is 9.53. The second-order valence-corrected chi connectivity index (χ2v) is 4.01. The number of carbonyl (C=O) groups is 1. The van der Waals surface area contributed by atoms with Crippen LogP contribution in [0, 0.1) is 20.8 Å². The van der Waals surface area contributed by atoms with Crippen molar-refractivity contribution in [3.8, 4) is 0 Å². The number of pyridine rings is 1. The van der Waals surface area contributed by atoms with Crippen LogP contribution < -0.4 is 0 Å². The summed E-state index contributed by atoms with van der Waals surface area (Å²) in [5, 5.41) is 9.90. The SMILES string of the molecule is Cc1cc2nc(C(=O)O)ccc2c(C)c1C. The molecule has 0 aliphatic carbocycles. The van der Waals surface area contributed by atoms with Gasteiger partial charge in [0.15, 0.2) is 0 Å². The number of benzene rings is 1. The minimum absolute atomic E-state index is 0.0927. The van der Waals surface area contributed by atoms with Gasteiger partial charge in [-0.05, 0) is 49.6 Å². The van der Waals surface area contributed by atoms with E-state index in [0.29, 0.717) is 0 Å². The van der Waals surface area contributed by atoms with Crippen molar-refractivity contribution in [3.05, 3.63) is 40.6 Å². The Labute approximate surface area is 93.7 Å². The molecule has 1 heterocycles. The van der Waals surface area contributed by atoms with Gasteiger partial charge in [0.05, 0.1) is 5.52 Å². The van der Waals surface area contributed by atoms with Crippen LogP contribution in [0.1, 0.15) is 27.2 Å². The summed E-state index contributed by atoms with van der Waals surface area (Å²) in [6.45, 7) is 6.11. The largest absolute Gasteiger partial charge is 0.477 e. The molecule has 0 fully saturated rings. The van der Waals surface area contributed by atoms with E-state index >= 15 is 0 Å². The number of aromatic nitrogens is 1. The molecule has 82 valence electrons. The average molecular weight is 215 g/mol. The predicted octanol–water partition coefficient (Wildman–Crippen LogP) is 2.86. The number of aromatic carboxylic acids is 1. The first-order valence-electron chi connectivity index (χ1n) is 5.11. The zero-order chi connectivity index (χ0) is 11.9. The van der Waals surface area contributed by atoms with Gasteiger partial charge in [-0.1, -0.05) is 6.07 Å². The molecule has 1 N–H and O–H groups in total. The van der Waals surface area contributed by atoms with Crippen molar-refractivity contribution in [2.45, 2.75) is 20.8 Å². The summed E-state index contributed by atoms with van der Waals surface area (Å²) in [5.74, 6) is -0.988. The van der Waals surface area contributed by atoms with Gasteiger partial charge < -0.3 is 5.11 Å². The molecule has 16 heavy (non-hydrogen) atoms. The number of nitrogens with zero attached hydrogens (tertiary/aromatic N) is 1. The Morgan fingerprint density at radius 1 is 1.19 bits per heavy atom. The normalized spacial score (nSPS) is 10.7. The molecule has 1 aromatic heterocycles. The van der Waals surface area contributed by atoms with E-state index in [1.54, 1.807) is 6.07 Å². The van der Waals surface area contributed by atoms with Gasteiger partial charge in [0.2, 0.25) is 0 Å². The minimum Gasteiger partial charge on any atom is -0.477 e. The lowest BCUT2D eigenvalue weighted by Crippen LogP contribution is -2.01. The molecule has 0 spiro atoms. The summed E-state index contributed by atoms with van der Waals surface area (Å²) < 4.78 is 0. The van der Waals surface area contributed by atoms with Gasteiger partial charge in [-0.25, -0.2) is 9.78 Å². The summed E-state index contributed by atoms with van der Waals surface area (Å²) in [5.41, 5.74) is 4.38. The number of aryl methyl sites for hydroxylation is 2. The number of fused-ring (bicyclic) bond motifs is 1. The summed E-state index contributed by atoms with van der Waals surface area (Å²) in [4.78, 5) is 15.0. The highest BCUT2D eigenvalue weighted by Crippen LogP contribution is 2.23. The molecule has 0 amide bonds. The van der Waals surface area contributed by atoms with Crippen molar-refractivity contribution in [2.75, 3.05) is 0 Å². The molecule has 0 bridgehead atoms. The first kappa shape index (κ1) is 10.6. The van der Waals surface area contributed by atoms with Crippen LogP contribution in [0.4, 0.5) is 0 Å². The molecule has 0 aliphatic rings. The van der Waals surface area contributed by atoms with E-state index in [1.165, 1.54) is 11.1 Å². The molecule has 0 saturated carbocycles. The predicted molar refractivity (Wildman–Crippen MR) is 62.9 cm³/mol. The second kappa shape index (κ2) is 3.59. The summed E-state index contributed by atoms with van der Waals surface area (Å²) in [6.07, 6.45) is 0. The smallest absolute Gasteiger partial charge is 0.354 e. The maximum absolute atomic E-state index is 10.8. The standard InChI is InChI=1S/C13H13NO2/c1-7-6-12-10(9(3)8(7)2)4-5-11(14-12)13(15)16/h4-6H,1-3H3,(H,15,16). The molecule has 2 rings (SSSR count). The number of hydrogen-bond acceptors (Lipinski definition) is 2. The van der Waals surface area contributed by atoms with Crippen LogP contribution in [-0.2, 0) is 0 Å². The van der Waals surface area contributed by atoms with Crippen LogP contribution in [0.2, 0.25) is 0 Å². The lowest BCUT2D eigenvalue weighted by molar-refractivity contribution is 0.0691. The van der Waals surface area contributed by atoms with Crippen molar-refractivity contribution in [1.29, 1.82) is 0 Å². The number of hydrogen-bond donors (Lipinski definition) is 1. The second-order valence-electron chi connectivity index (χ2n) is 4.01. The molecule has 0 radical (unpaired) electrons. The number of rotatable bonds is 1.